The summed E-state index contributed by atoms with van der Waals surface area (Å²) in [6.07, 6.45) is 12.0. The molecule has 3 heteroatoms. The van der Waals surface area contributed by atoms with Crippen LogP contribution in [-0.2, 0) is 0 Å². The largest absolute Gasteiger partial charge is 0.497 e. The number of likely N-dealkylation sites (tertiary alicyclic amines) is 1. The van der Waals surface area contributed by atoms with E-state index < -0.39 is 0 Å². The van der Waals surface area contributed by atoms with Crippen LogP contribution < -0.4 is 4.74 Å². The van der Waals surface area contributed by atoms with Crippen LogP contribution in [-0.4, -0.2) is 30.1 Å². The van der Waals surface area contributed by atoms with Gasteiger partial charge in [-0.05, 0) is 68.5 Å². The summed E-state index contributed by atoms with van der Waals surface area (Å²) in [4.78, 5) is 6.25. The van der Waals surface area contributed by atoms with Gasteiger partial charge >= 0.3 is 0 Å². The van der Waals surface area contributed by atoms with Crippen LogP contribution >= 0.6 is 0 Å². The maximum atomic E-state index is 5.47. The third-order valence-electron chi connectivity index (χ3n) is 5.87. The fraction of sp³-hybridized carbons (Fsp3) is 0.600. The lowest BCUT2D eigenvalue weighted by Gasteiger charge is -2.36. The number of aromatic nitrogens is 1. The second-order valence-electron chi connectivity index (χ2n) is 7.24. The molecule has 1 aromatic carbocycles. The minimum Gasteiger partial charge on any atom is -0.497 e. The first-order valence-corrected chi connectivity index (χ1v) is 9.26. The van der Waals surface area contributed by atoms with Crippen LogP contribution in [0.4, 0.5) is 0 Å². The van der Waals surface area contributed by atoms with Crippen molar-refractivity contribution in [3.8, 4) is 5.75 Å². The van der Waals surface area contributed by atoms with E-state index in [-0.39, 0.29) is 0 Å². The molecule has 2 heterocycles. The van der Waals surface area contributed by atoms with Gasteiger partial charge in [0.2, 0.25) is 0 Å². The summed E-state index contributed by atoms with van der Waals surface area (Å²) < 4.78 is 5.47. The molecule has 3 nitrogen and oxygen atoms in total. The van der Waals surface area contributed by atoms with Crippen molar-refractivity contribution in [2.24, 2.45) is 5.92 Å². The summed E-state index contributed by atoms with van der Waals surface area (Å²) in [6, 6.07) is 7.00. The molecule has 2 aromatic rings. The highest BCUT2D eigenvalue weighted by molar-refractivity contribution is 5.85. The average Bonchev–Trinajstić information content (AvgIpc) is 3.26. The highest BCUT2D eigenvalue weighted by Crippen LogP contribution is 2.42. The Balaban J connectivity index is 1.75. The maximum Gasteiger partial charge on any atom is 0.119 e. The number of hydrogen-bond acceptors (Lipinski definition) is 2. The standard InChI is InChI=1S/C20H28N2O/c1-23-16-9-10-19-17(13-16)18(14-21-19)20(22-11-5-6-12-22)15-7-3-2-4-8-15/h9-10,13-15,20-21H,2-8,11-12H2,1H3. The Morgan fingerprint density at radius 2 is 1.87 bits per heavy atom. The molecule has 1 saturated heterocycles. The number of rotatable bonds is 4. The Morgan fingerprint density at radius 1 is 1.09 bits per heavy atom. The molecule has 0 amide bonds. The van der Waals surface area contributed by atoms with Gasteiger partial charge in [0.1, 0.15) is 5.75 Å². The molecule has 23 heavy (non-hydrogen) atoms. The number of benzene rings is 1. The average molecular weight is 312 g/mol. The Labute approximate surface area is 139 Å². The number of hydrogen-bond donors (Lipinski definition) is 1. The molecule has 0 radical (unpaired) electrons. The predicted molar refractivity (Wildman–Crippen MR) is 95.0 cm³/mol. The smallest absolute Gasteiger partial charge is 0.119 e. The first kappa shape index (κ1) is 15.1. The number of methoxy groups -OCH3 is 1. The molecule has 0 spiro atoms. The normalized spacial score (nSPS) is 21.8. The number of ether oxygens (including phenoxy) is 1. The van der Waals surface area contributed by atoms with E-state index in [1.54, 1.807) is 7.11 Å². The molecule has 1 unspecified atom stereocenters. The monoisotopic (exact) mass is 312 g/mol. The number of nitrogens with zero attached hydrogens (tertiary/aromatic N) is 1. The number of aromatic amines is 1. The van der Waals surface area contributed by atoms with Gasteiger partial charge in [0.15, 0.2) is 0 Å². The molecule has 1 aliphatic carbocycles. The van der Waals surface area contributed by atoms with E-state index in [1.165, 1.54) is 74.5 Å². The van der Waals surface area contributed by atoms with E-state index >= 15 is 0 Å². The number of H-pyrrole nitrogens is 1. The maximum absolute atomic E-state index is 5.47. The molecule has 1 saturated carbocycles. The van der Waals surface area contributed by atoms with Gasteiger partial charge in [0.25, 0.3) is 0 Å². The van der Waals surface area contributed by atoms with E-state index in [9.17, 15) is 0 Å². The van der Waals surface area contributed by atoms with Gasteiger partial charge in [-0.15, -0.1) is 0 Å². The minimum atomic E-state index is 0.582. The van der Waals surface area contributed by atoms with Gasteiger partial charge in [-0.2, -0.15) is 0 Å². The zero-order chi connectivity index (χ0) is 15.6. The molecule has 1 aromatic heterocycles. The quantitative estimate of drug-likeness (QED) is 0.870. The Kier molecular flexibility index (Phi) is 4.30. The summed E-state index contributed by atoms with van der Waals surface area (Å²) in [5, 5.41) is 1.35. The highest BCUT2D eigenvalue weighted by Gasteiger charge is 2.33. The lowest BCUT2D eigenvalue weighted by Crippen LogP contribution is -2.32. The molecular weight excluding hydrogens is 284 g/mol. The lowest BCUT2D eigenvalue weighted by atomic mass is 9.80. The number of fused-ring (bicyclic) bond motifs is 1. The fourth-order valence-electron chi connectivity index (χ4n) is 4.71. The first-order valence-electron chi connectivity index (χ1n) is 9.26. The van der Waals surface area contributed by atoms with E-state index in [1.807, 2.05) is 6.07 Å². The molecule has 1 N–H and O–H groups in total. The Morgan fingerprint density at radius 3 is 2.61 bits per heavy atom. The molecule has 124 valence electrons. The first-order chi connectivity index (χ1) is 11.4. The van der Waals surface area contributed by atoms with Crippen LogP contribution in [0.25, 0.3) is 10.9 Å². The zero-order valence-electron chi connectivity index (χ0n) is 14.2. The minimum absolute atomic E-state index is 0.582. The molecule has 2 fully saturated rings. The van der Waals surface area contributed by atoms with E-state index in [0.717, 1.165) is 11.7 Å². The predicted octanol–water partition coefficient (Wildman–Crippen LogP) is 4.89. The van der Waals surface area contributed by atoms with Gasteiger partial charge < -0.3 is 9.72 Å². The third-order valence-corrected chi connectivity index (χ3v) is 5.87. The van der Waals surface area contributed by atoms with Crippen molar-refractivity contribution in [2.75, 3.05) is 20.2 Å². The Hall–Kier alpha value is -1.48. The van der Waals surface area contributed by atoms with Crippen molar-refractivity contribution in [3.63, 3.8) is 0 Å². The van der Waals surface area contributed by atoms with Crippen molar-refractivity contribution in [1.29, 1.82) is 0 Å². The van der Waals surface area contributed by atoms with Crippen LogP contribution in [0.1, 0.15) is 56.6 Å². The SMILES string of the molecule is COc1ccc2[nH]cc(C(C3CCCCC3)N3CCCC3)c2c1. The van der Waals surface area contributed by atoms with Crippen LogP contribution in [0.2, 0.25) is 0 Å². The van der Waals surface area contributed by atoms with Crippen molar-refractivity contribution in [2.45, 2.75) is 51.0 Å². The van der Waals surface area contributed by atoms with Crippen molar-refractivity contribution < 1.29 is 4.74 Å². The summed E-state index contributed by atoms with van der Waals surface area (Å²) >= 11 is 0. The van der Waals surface area contributed by atoms with Gasteiger partial charge in [0.05, 0.1) is 7.11 Å². The van der Waals surface area contributed by atoms with Gasteiger partial charge in [-0.25, -0.2) is 0 Å². The van der Waals surface area contributed by atoms with Crippen molar-refractivity contribution in [1.82, 2.24) is 9.88 Å². The van der Waals surface area contributed by atoms with Gasteiger partial charge in [-0.3, -0.25) is 4.90 Å². The van der Waals surface area contributed by atoms with E-state index in [2.05, 4.69) is 28.2 Å². The molecule has 2 aliphatic rings. The van der Waals surface area contributed by atoms with Crippen LogP contribution in [0.15, 0.2) is 24.4 Å². The van der Waals surface area contributed by atoms with Crippen molar-refractivity contribution in [3.05, 3.63) is 30.0 Å². The summed E-state index contributed by atoms with van der Waals surface area (Å²) in [5.74, 6) is 1.77. The van der Waals surface area contributed by atoms with Gasteiger partial charge in [-0.1, -0.05) is 19.3 Å². The van der Waals surface area contributed by atoms with E-state index in [0.29, 0.717) is 6.04 Å². The van der Waals surface area contributed by atoms with Crippen LogP contribution in [0.5, 0.6) is 5.75 Å². The van der Waals surface area contributed by atoms with Crippen LogP contribution in [0.3, 0.4) is 0 Å². The lowest BCUT2D eigenvalue weighted by molar-refractivity contribution is 0.144. The van der Waals surface area contributed by atoms with Gasteiger partial charge in [0, 0.05) is 23.1 Å². The molecule has 4 rings (SSSR count). The number of nitrogens with one attached hydrogen (secondary N) is 1. The van der Waals surface area contributed by atoms with Crippen molar-refractivity contribution >= 4 is 10.9 Å². The summed E-state index contributed by atoms with van der Waals surface area (Å²) in [5.41, 5.74) is 2.73. The third kappa shape index (κ3) is 2.87. The molecular formula is C20H28N2O. The second-order valence-corrected chi connectivity index (χ2v) is 7.24. The second kappa shape index (κ2) is 6.56. The Bertz CT molecular complexity index is 651. The summed E-state index contributed by atoms with van der Waals surface area (Å²) in [6.45, 7) is 2.52. The highest BCUT2D eigenvalue weighted by atomic mass is 16.5. The van der Waals surface area contributed by atoms with E-state index in [4.69, 9.17) is 4.74 Å². The topological polar surface area (TPSA) is 28.3 Å². The van der Waals surface area contributed by atoms with Crippen LogP contribution in [0, 0.1) is 5.92 Å². The molecule has 1 atom stereocenters. The zero-order valence-corrected chi connectivity index (χ0v) is 14.2. The molecule has 1 aliphatic heterocycles. The summed E-state index contributed by atoms with van der Waals surface area (Å²) in [7, 11) is 1.76. The molecule has 0 bridgehead atoms. The fourth-order valence-corrected chi connectivity index (χ4v) is 4.71.